The predicted octanol–water partition coefficient (Wildman–Crippen LogP) is 3.36. The van der Waals surface area contributed by atoms with Crippen molar-refractivity contribution in [3.8, 4) is 11.3 Å². The largest absolute Gasteiger partial charge is 0.337 e. The van der Waals surface area contributed by atoms with Gasteiger partial charge >= 0.3 is 0 Å². The monoisotopic (exact) mass is 204 g/mol. The van der Waals surface area contributed by atoms with Crippen molar-refractivity contribution >= 4 is 12.2 Å². The Hall–Kier alpha value is -1.35. The summed E-state index contributed by atoms with van der Waals surface area (Å²) >= 11 is 5.00. The van der Waals surface area contributed by atoms with E-state index in [9.17, 15) is 0 Å². The molecule has 0 fully saturated rings. The molecule has 2 aromatic rings. The van der Waals surface area contributed by atoms with E-state index in [0.717, 1.165) is 5.69 Å². The average molecular weight is 204 g/mol. The molecule has 0 radical (unpaired) electrons. The third-order valence-corrected chi connectivity index (χ3v) is 2.71. The highest BCUT2D eigenvalue weighted by Gasteiger charge is 2.03. The van der Waals surface area contributed by atoms with Crippen molar-refractivity contribution in [2.45, 2.75) is 13.8 Å². The lowest BCUT2D eigenvalue weighted by molar-refractivity contribution is 1.26. The molecule has 0 spiro atoms. The van der Waals surface area contributed by atoms with Crippen LogP contribution in [0, 0.1) is 18.6 Å². The highest BCUT2D eigenvalue weighted by molar-refractivity contribution is 7.71. The van der Waals surface area contributed by atoms with Crippen LogP contribution in [-0.2, 0) is 0 Å². The van der Waals surface area contributed by atoms with Crippen LogP contribution in [0.25, 0.3) is 11.3 Å². The number of aromatic nitrogens is 2. The smallest absolute Gasteiger partial charge is 0.174 e. The van der Waals surface area contributed by atoms with Crippen LogP contribution in [0.5, 0.6) is 0 Å². The topological polar surface area (TPSA) is 31.6 Å². The molecule has 14 heavy (non-hydrogen) atoms. The summed E-state index contributed by atoms with van der Waals surface area (Å²) in [4.78, 5) is 6.09. The Kier molecular flexibility index (Phi) is 2.25. The number of benzene rings is 1. The summed E-state index contributed by atoms with van der Waals surface area (Å²) in [6, 6.07) is 6.26. The Morgan fingerprint density at radius 3 is 2.64 bits per heavy atom. The molecule has 1 heterocycles. The van der Waals surface area contributed by atoms with Gasteiger partial charge in [0, 0.05) is 11.8 Å². The highest BCUT2D eigenvalue weighted by Crippen LogP contribution is 2.22. The maximum Gasteiger partial charge on any atom is 0.174 e. The van der Waals surface area contributed by atoms with E-state index in [-0.39, 0.29) is 0 Å². The van der Waals surface area contributed by atoms with Gasteiger partial charge in [-0.05, 0) is 37.2 Å². The first-order chi connectivity index (χ1) is 6.68. The van der Waals surface area contributed by atoms with Crippen molar-refractivity contribution in [1.82, 2.24) is 9.97 Å². The van der Waals surface area contributed by atoms with Crippen molar-refractivity contribution in [2.75, 3.05) is 0 Å². The standard InChI is InChI=1S/C11H12N2S/c1-7-4-3-5-9(8(7)2)10-6-12-11(14)13-10/h3-6H,1-2H3,(H2,12,13,14). The van der Waals surface area contributed by atoms with Gasteiger partial charge in [0.2, 0.25) is 0 Å². The first-order valence-corrected chi connectivity index (χ1v) is 4.93. The first-order valence-electron chi connectivity index (χ1n) is 4.53. The van der Waals surface area contributed by atoms with Gasteiger partial charge in [-0.25, -0.2) is 0 Å². The number of aromatic amines is 2. The Labute approximate surface area is 88.0 Å². The Balaban J connectivity index is 2.62. The predicted molar refractivity (Wildman–Crippen MR) is 60.9 cm³/mol. The maximum atomic E-state index is 5.00. The molecule has 0 saturated heterocycles. The average Bonchev–Trinajstić information content (AvgIpc) is 2.57. The molecule has 0 amide bonds. The zero-order valence-electron chi connectivity index (χ0n) is 8.22. The molecule has 0 saturated carbocycles. The molecule has 0 aliphatic heterocycles. The van der Waals surface area contributed by atoms with Crippen LogP contribution >= 0.6 is 12.2 Å². The fourth-order valence-electron chi connectivity index (χ4n) is 1.52. The fraction of sp³-hybridized carbons (Fsp3) is 0.182. The molecule has 0 atom stereocenters. The number of rotatable bonds is 1. The number of imidazole rings is 1. The quantitative estimate of drug-likeness (QED) is 0.686. The van der Waals surface area contributed by atoms with E-state index < -0.39 is 0 Å². The molecule has 0 aliphatic rings. The minimum absolute atomic E-state index is 0.668. The van der Waals surface area contributed by atoms with Gasteiger partial charge in [0.25, 0.3) is 0 Å². The lowest BCUT2D eigenvalue weighted by Gasteiger charge is -2.05. The first kappa shape index (κ1) is 9.21. The zero-order chi connectivity index (χ0) is 10.1. The molecular formula is C11H12N2S. The summed E-state index contributed by atoms with van der Waals surface area (Å²) in [6.45, 7) is 4.23. The molecule has 2 rings (SSSR count). The number of hydrogen-bond acceptors (Lipinski definition) is 1. The molecule has 1 aromatic carbocycles. The Morgan fingerprint density at radius 2 is 2.00 bits per heavy atom. The number of nitrogens with one attached hydrogen (secondary N) is 2. The van der Waals surface area contributed by atoms with Crippen LogP contribution < -0.4 is 0 Å². The minimum atomic E-state index is 0.668. The van der Waals surface area contributed by atoms with Gasteiger partial charge in [0.05, 0.1) is 5.69 Å². The molecule has 1 aromatic heterocycles. The highest BCUT2D eigenvalue weighted by atomic mass is 32.1. The number of H-pyrrole nitrogens is 2. The summed E-state index contributed by atoms with van der Waals surface area (Å²) in [5, 5.41) is 0. The molecule has 0 bridgehead atoms. The number of aryl methyl sites for hydroxylation is 1. The van der Waals surface area contributed by atoms with E-state index in [0.29, 0.717) is 4.77 Å². The summed E-state index contributed by atoms with van der Waals surface area (Å²) in [5.74, 6) is 0. The van der Waals surface area contributed by atoms with Gasteiger partial charge in [-0.2, -0.15) is 0 Å². The summed E-state index contributed by atoms with van der Waals surface area (Å²) in [6.07, 6.45) is 1.91. The second kappa shape index (κ2) is 3.42. The van der Waals surface area contributed by atoms with Gasteiger partial charge in [-0.15, -0.1) is 0 Å². The molecule has 2 N–H and O–H groups in total. The van der Waals surface area contributed by atoms with Crippen LogP contribution in [-0.4, -0.2) is 9.97 Å². The third-order valence-electron chi connectivity index (χ3n) is 2.49. The summed E-state index contributed by atoms with van der Waals surface area (Å²) in [5.41, 5.74) is 4.84. The van der Waals surface area contributed by atoms with Crippen LogP contribution in [0.1, 0.15) is 11.1 Å². The lowest BCUT2D eigenvalue weighted by atomic mass is 10.0. The maximum absolute atomic E-state index is 5.00. The minimum Gasteiger partial charge on any atom is -0.337 e. The second-order valence-electron chi connectivity index (χ2n) is 3.40. The molecule has 0 unspecified atom stereocenters. The van der Waals surface area contributed by atoms with Gasteiger partial charge in [0.15, 0.2) is 4.77 Å². The SMILES string of the molecule is Cc1cccc(-c2c[nH]c(=S)[nH]2)c1C. The molecule has 3 heteroatoms. The number of hydrogen-bond donors (Lipinski definition) is 2. The third kappa shape index (κ3) is 1.51. The van der Waals surface area contributed by atoms with E-state index in [1.54, 1.807) is 0 Å². The fourth-order valence-corrected chi connectivity index (χ4v) is 1.69. The van der Waals surface area contributed by atoms with Crippen molar-refractivity contribution in [3.63, 3.8) is 0 Å². The van der Waals surface area contributed by atoms with Gasteiger partial charge in [0.1, 0.15) is 0 Å². The zero-order valence-corrected chi connectivity index (χ0v) is 9.03. The summed E-state index contributed by atoms with van der Waals surface area (Å²) in [7, 11) is 0. The lowest BCUT2D eigenvalue weighted by Crippen LogP contribution is -1.86. The molecule has 2 nitrogen and oxygen atoms in total. The van der Waals surface area contributed by atoms with Crippen LogP contribution in [0.15, 0.2) is 24.4 Å². The van der Waals surface area contributed by atoms with Crippen LogP contribution in [0.4, 0.5) is 0 Å². The van der Waals surface area contributed by atoms with Crippen molar-refractivity contribution in [1.29, 1.82) is 0 Å². The van der Waals surface area contributed by atoms with E-state index in [2.05, 4.69) is 42.0 Å². The Morgan fingerprint density at radius 1 is 1.21 bits per heavy atom. The van der Waals surface area contributed by atoms with E-state index >= 15 is 0 Å². The van der Waals surface area contributed by atoms with Crippen LogP contribution in [0.3, 0.4) is 0 Å². The normalized spacial score (nSPS) is 10.4. The molecule has 0 aliphatic carbocycles. The van der Waals surface area contributed by atoms with Crippen molar-refractivity contribution in [2.24, 2.45) is 0 Å². The van der Waals surface area contributed by atoms with Crippen molar-refractivity contribution in [3.05, 3.63) is 40.3 Å². The Bertz CT molecular complexity index is 508. The van der Waals surface area contributed by atoms with E-state index in [1.807, 2.05) is 6.20 Å². The van der Waals surface area contributed by atoms with Crippen molar-refractivity contribution < 1.29 is 0 Å². The van der Waals surface area contributed by atoms with Crippen LogP contribution in [0.2, 0.25) is 0 Å². The summed E-state index contributed by atoms with van der Waals surface area (Å²) < 4.78 is 0.668. The molecular weight excluding hydrogens is 192 g/mol. The van der Waals surface area contributed by atoms with Gasteiger partial charge in [-0.1, -0.05) is 18.2 Å². The van der Waals surface area contributed by atoms with Gasteiger partial charge in [-0.3, -0.25) is 0 Å². The molecule has 72 valence electrons. The van der Waals surface area contributed by atoms with E-state index in [4.69, 9.17) is 12.2 Å². The second-order valence-corrected chi connectivity index (χ2v) is 3.81. The van der Waals surface area contributed by atoms with E-state index in [1.165, 1.54) is 16.7 Å². The van der Waals surface area contributed by atoms with Gasteiger partial charge < -0.3 is 9.97 Å².